The van der Waals surface area contributed by atoms with Gasteiger partial charge in [0.15, 0.2) is 0 Å². The topological polar surface area (TPSA) is 52.7 Å². The predicted molar refractivity (Wildman–Crippen MR) is 120 cm³/mol. The average molecular weight is 399 g/mol. The normalized spacial score (nSPS) is 14.0. The van der Waals surface area contributed by atoms with Crippen LogP contribution in [0.25, 0.3) is 0 Å². The van der Waals surface area contributed by atoms with Gasteiger partial charge in [-0.15, -0.1) is 0 Å². The SMILES string of the molecule is Cc1ccc(NC(=O)c2ccc(N3CCCN(Cc4ccccc4)C3=O)cc2)cc1. The van der Waals surface area contributed by atoms with E-state index < -0.39 is 0 Å². The Morgan fingerprint density at radius 1 is 0.900 bits per heavy atom. The summed E-state index contributed by atoms with van der Waals surface area (Å²) in [4.78, 5) is 29.2. The van der Waals surface area contributed by atoms with E-state index in [2.05, 4.69) is 5.32 Å². The summed E-state index contributed by atoms with van der Waals surface area (Å²) >= 11 is 0. The van der Waals surface area contributed by atoms with Gasteiger partial charge in [0.25, 0.3) is 5.91 Å². The molecular formula is C25H25N3O2. The van der Waals surface area contributed by atoms with Crippen molar-refractivity contribution < 1.29 is 9.59 Å². The van der Waals surface area contributed by atoms with Crippen LogP contribution in [0.5, 0.6) is 0 Å². The van der Waals surface area contributed by atoms with E-state index in [-0.39, 0.29) is 11.9 Å². The number of carbonyl (C=O) groups is 2. The minimum atomic E-state index is -0.166. The molecule has 1 N–H and O–H groups in total. The molecule has 5 heteroatoms. The minimum absolute atomic E-state index is 0.00181. The molecule has 0 unspecified atom stereocenters. The first kappa shape index (κ1) is 19.7. The van der Waals surface area contributed by atoms with Gasteiger partial charge in [0.1, 0.15) is 0 Å². The summed E-state index contributed by atoms with van der Waals surface area (Å²) in [6, 6.07) is 24.9. The van der Waals surface area contributed by atoms with Gasteiger partial charge in [-0.3, -0.25) is 9.69 Å². The van der Waals surface area contributed by atoms with Crippen LogP contribution >= 0.6 is 0 Å². The lowest BCUT2D eigenvalue weighted by Crippen LogP contribution is -2.49. The second-order valence-electron chi connectivity index (χ2n) is 7.56. The molecule has 1 aliphatic heterocycles. The smallest absolute Gasteiger partial charge is 0.322 e. The summed E-state index contributed by atoms with van der Waals surface area (Å²) in [7, 11) is 0. The predicted octanol–water partition coefficient (Wildman–Crippen LogP) is 5.08. The van der Waals surface area contributed by atoms with E-state index in [9.17, 15) is 9.59 Å². The summed E-state index contributed by atoms with van der Waals surface area (Å²) in [5.74, 6) is -0.166. The Labute approximate surface area is 176 Å². The van der Waals surface area contributed by atoms with E-state index in [0.717, 1.165) is 35.5 Å². The van der Waals surface area contributed by atoms with Gasteiger partial charge in [-0.25, -0.2) is 4.79 Å². The van der Waals surface area contributed by atoms with Crippen molar-refractivity contribution in [3.05, 3.63) is 95.6 Å². The van der Waals surface area contributed by atoms with Crippen molar-refractivity contribution in [2.45, 2.75) is 19.9 Å². The molecule has 3 aromatic rings. The standard InChI is InChI=1S/C25H25N3O2/c1-19-8-12-22(13-9-19)26-24(29)21-10-14-23(15-11-21)28-17-5-16-27(25(28)30)18-20-6-3-2-4-7-20/h2-4,6-15H,5,16-18H2,1H3,(H,26,29). The van der Waals surface area contributed by atoms with Crippen LogP contribution in [0.2, 0.25) is 0 Å². The fraction of sp³-hybridized carbons (Fsp3) is 0.200. The lowest BCUT2D eigenvalue weighted by Gasteiger charge is -2.35. The number of carbonyl (C=O) groups excluding carboxylic acids is 2. The fourth-order valence-electron chi connectivity index (χ4n) is 3.60. The summed E-state index contributed by atoms with van der Waals surface area (Å²) in [6.07, 6.45) is 0.911. The summed E-state index contributed by atoms with van der Waals surface area (Å²) in [5.41, 5.74) is 4.40. The minimum Gasteiger partial charge on any atom is -0.322 e. The number of nitrogens with zero attached hydrogens (tertiary/aromatic N) is 2. The van der Waals surface area contributed by atoms with Crippen molar-refractivity contribution in [3.8, 4) is 0 Å². The number of hydrogen-bond donors (Lipinski definition) is 1. The molecule has 1 heterocycles. The third-order valence-electron chi connectivity index (χ3n) is 5.28. The van der Waals surface area contributed by atoms with Gasteiger partial charge in [0, 0.05) is 36.6 Å². The Morgan fingerprint density at radius 2 is 1.60 bits per heavy atom. The molecule has 0 aliphatic carbocycles. The molecule has 3 aromatic carbocycles. The highest BCUT2D eigenvalue weighted by Gasteiger charge is 2.26. The number of anilines is 2. The van der Waals surface area contributed by atoms with Crippen LogP contribution in [0.15, 0.2) is 78.9 Å². The van der Waals surface area contributed by atoms with Crippen LogP contribution in [0.3, 0.4) is 0 Å². The third kappa shape index (κ3) is 4.51. The summed E-state index contributed by atoms with van der Waals surface area (Å²) < 4.78 is 0. The molecule has 152 valence electrons. The second kappa shape index (κ2) is 8.82. The van der Waals surface area contributed by atoms with Crippen molar-refractivity contribution in [1.82, 2.24) is 4.90 Å². The highest BCUT2D eigenvalue weighted by molar-refractivity contribution is 6.04. The average Bonchev–Trinajstić information content (AvgIpc) is 2.78. The van der Waals surface area contributed by atoms with Gasteiger partial charge in [0.2, 0.25) is 0 Å². The zero-order valence-corrected chi connectivity index (χ0v) is 17.0. The van der Waals surface area contributed by atoms with E-state index in [4.69, 9.17) is 0 Å². The van der Waals surface area contributed by atoms with Crippen LogP contribution in [0, 0.1) is 6.92 Å². The molecular weight excluding hydrogens is 374 g/mol. The van der Waals surface area contributed by atoms with Gasteiger partial charge in [0.05, 0.1) is 0 Å². The number of aryl methyl sites for hydroxylation is 1. The van der Waals surface area contributed by atoms with Crippen molar-refractivity contribution in [2.24, 2.45) is 0 Å². The van der Waals surface area contributed by atoms with Gasteiger partial charge in [-0.05, 0) is 55.3 Å². The Kier molecular flexibility index (Phi) is 5.80. The van der Waals surface area contributed by atoms with Crippen LogP contribution in [-0.4, -0.2) is 29.9 Å². The van der Waals surface area contributed by atoms with E-state index in [1.807, 2.05) is 78.6 Å². The molecule has 1 saturated heterocycles. The fourth-order valence-corrected chi connectivity index (χ4v) is 3.60. The molecule has 30 heavy (non-hydrogen) atoms. The summed E-state index contributed by atoms with van der Waals surface area (Å²) in [6.45, 7) is 4.04. The zero-order chi connectivity index (χ0) is 20.9. The maximum Gasteiger partial charge on any atom is 0.324 e. The van der Waals surface area contributed by atoms with E-state index in [1.165, 1.54) is 0 Å². The quantitative estimate of drug-likeness (QED) is 0.650. The first-order valence-corrected chi connectivity index (χ1v) is 10.2. The molecule has 4 rings (SSSR count). The number of amides is 3. The molecule has 1 aliphatic rings. The number of nitrogens with one attached hydrogen (secondary N) is 1. The van der Waals surface area contributed by atoms with E-state index in [1.54, 1.807) is 17.0 Å². The van der Waals surface area contributed by atoms with Crippen molar-refractivity contribution in [3.63, 3.8) is 0 Å². The second-order valence-corrected chi connectivity index (χ2v) is 7.56. The molecule has 3 amide bonds. The van der Waals surface area contributed by atoms with Crippen molar-refractivity contribution in [2.75, 3.05) is 23.3 Å². The van der Waals surface area contributed by atoms with Crippen molar-refractivity contribution >= 4 is 23.3 Å². The Morgan fingerprint density at radius 3 is 2.30 bits per heavy atom. The molecule has 5 nitrogen and oxygen atoms in total. The van der Waals surface area contributed by atoms with Crippen LogP contribution in [0.4, 0.5) is 16.2 Å². The Hall–Kier alpha value is -3.60. The molecule has 0 radical (unpaired) electrons. The monoisotopic (exact) mass is 399 g/mol. The van der Waals surface area contributed by atoms with E-state index >= 15 is 0 Å². The molecule has 0 spiro atoms. The van der Waals surface area contributed by atoms with Gasteiger partial charge in [-0.2, -0.15) is 0 Å². The maximum absolute atomic E-state index is 13.0. The number of rotatable bonds is 5. The first-order valence-electron chi connectivity index (χ1n) is 10.2. The highest BCUT2D eigenvalue weighted by Crippen LogP contribution is 2.22. The Bertz CT molecular complexity index is 1010. The molecule has 0 atom stereocenters. The molecule has 1 fully saturated rings. The lowest BCUT2D eigenvalue weighted by molar-refractivity contribution is 0.102. The van der Waals surface area contributed by atoms with Gasteiger partial charge < -0.3 is 10.2 Å². The van der Waals surface area contributed by atoms with Crippen LogP contribution in [0.1, 0.15) is 27.9 Å². The number of urea groups is 1. The van der Waals surface area contributed by atoms with Crippen LogP contribution < -0.4 is 10.2 Å². The zero-order valence-electron chi connectivity index (χ0n) is 17.0. The first-order chi connectivity index (χ1) is 14.6. The van der Waals surface area contributed by atoms with Crippen LogP contribution in [-0.2, 0) is 6.54 Å². The lowest BCUT2D eigenvalue weighted by atomic mass is 10.1. The highest BCUT2D eigenvalue weighted by atomic mass is 16.2. The third-order valence-corrected chi connectivity index (χ3v) is 5.28. The van der Waals surface area contributed by atoms with Gasteiger partial charge >= 0.3 is 6.03 Å². The summed E-state index contributed by atoms with van der Waals surface area (Å²) in [5, 5.41) is 2.90. The molecule has 0 bridgehead atoms. The number of hydrogen-bond acceptors (Lipinski definition) is 2. The largest absolute Gasteiger partial charge is 0.324 e. The number of benzene rings is 3. The van der Waals surface area contributed by atoms with Gasteiger partial charge in [-0.1, -0.05) is 48.0 Å². The maximum atomic E-state index is 13.0. The Balaban J connectivity index is 1.43. The molecule has 0 aromatic heterocycles. The molecule has 0 saturated carbocycles. The van der Waals surface area contributed by atoms with E-state index in [0.29, 0.717) is 18.7 Å². The van der Waals surface area contributed by atoms with Crippen molar-refractivity contribution in [1.29, 1.82) is 0 Å².